The van der Waals surface area contributed by atoms with Crippen molar-refractivity contribution in [3.63, 3.8) is 0 Å². The molecule has 0 bridgehead atoms. The van der Waals surface area contributed by atoms with Gasteiger partial charge in [0.05, 0.1) is 0 Å². The second-order valence-corrected chi connectivity index (χ2v) is 4.00. The molecule has 3 nitrogen and oxygen atoms in total. The Labute approximate surface area is 71.6 Å². The topological polar surface area (TPSA) is 64.4 Å². The lowest BCUT2D eigenvalue weighted by atomic mass is 10.1. The van der Waals surface area contributed by atoms with Crippen LogP contribution in [0.25, 0.3) is 0 Å². The lowest BCUT2D eigenvalue weighted by Gasteiger charge is -2.18. The summed E-state index contributed by atoms with van der Waals surface area (Å²) in [5.41, 5.74) is 10.5. The summed E-state index contributed by atoms with van der Waals surface area (Å²) in [6, 6.07) is 0. The number of nitrogens with two attached hydrogens (primary N) is 2. The third-order valence-electron chi connectivity index (χ3n) is 1.79. The lowest BCUT2D eigenvalue weighted by molar-refractivity contribution is 0.535. The van der Waals surface area contributed by atoms with E-state index in [1.54, 1.807) is 0 Å². The first kappa shape index (κ1) is 8.71. The first-order chi connectivity index (χ1) is 5.29. The van der Waals surface area contributed by atoms with E-state index >= 15 is 0 Å². The number of hydrogen-bond donors (Lipinski definition) is 2. The SMILES string of the molecule is NC(N)=NCC1CCCSC1. The number of guanidine groups is 1. The predicted octanol–water partition coefficient (Wildman–Crippen LogP) is 0.403. The second-order valence-electron chi connectivity index (χ2n) is 2.85. The van der Waals surface area contributed by atoms with Crippen molar-refractivity contribution >= 4 is 17.7 Å². The van der Waals surface area contributed by atoms with Crippen LogP contribution in [0.1, 0.15) is 12.8 Å². The molecule has 0 radical (unpaired) electrons. The van der Waals surface area contributed by atoms with Crippen molar-refractivity contribution in [2.75, 3.05) is 18.1 Å². The fourth-order valence-corrected chi connectivity index (χ4v) is 2.33. The molecule has 0 aromatic heterocycles. The van der Waals surface area contributed by atoms with Crippen LogP contribution >= 0.6 is 11.8 Å². The van der Waals surface area contributed by atoms with E-state index in [2.05, 4.69) is 4.99 Å². The third kappa shape index (κ3) is 3.51. The fraction of sp³-hybridized carbons (Fsp3) is 0.857. The molecule has 0 saturated carbocycles. The molecule has 1 atom stereocenters. The van der Waals surface area contributed by atoms with Gasteiger partial charge in [0, 0.05) is 6.54 Å². The standard InChI is InChI=1S/C7H15N3S/c8-7(9)10-4-6-2-1-3-11-5-6/h6H,1-5H2,(H4,8,9,10). The largest absolute Gasteiger partial charge is 0.370 e. The maximum absolute atomic E-state index is 5.23. The van der Waals surface area contributed by atoms with Crippen molar-refractivity contribution in [3.8, 4) is 0 Å². The van der Waals surface area contributed by atoms with Crippen LogP contribution in [0.15, 0.2) is 4.99 Å². The quantitative estimate of drug-likeness (QED) is 0.469. The van der Waals surface area contributed by atoms with Crippen molar-refractivity contribution in [2.45, 2.75) is 12.8 Å². The van der Waals surface area contributed by atoms with Gasteiger partial charge in [-0.3, -0.25) is 4.99 Å². The number of nitrogens with zero attached hydrogens (tertiary/aromatic N) is 1. The normalized spacial score (nSPS) is 24.5. The summed E-state index contributed by atoms with van der Waals surface area (Å²) in [5, 5.41) is 0. The molecule has 1 heterocycles. The molecule has 0 amide bonds. The zero-order valence-corrected chi connectivity index (χ0v) is 7.44. The number of aliphatic imine (C=N–C) groups is 1. The van der Waals surface area contributed by atoms with Gasteiger partial charge < -0.3 is 11.5 Å². The Bertz CT molecular complexity index is 137. The number of thioether (sulfide) groups is 1. The van der Waals surface area contributed by atoms with E-state index in [0.29, 0.717) is 5.92 Å². The van der Waals surface area contributed by atoms with Crippen molar-refractivity contribution < 1.29 is 0 Å². The molecule has 0 aromatic rings. The minimum Gasteiger partial charge on any atom is -0.370 e. The van der Waals surface area contributed by atoms with Gasteiger partial charge in [0.1, 0.15) is 0 Å². The number of rotatable bonds is 2. The first-order valence-electron chi connectivity index (χ1n) is 3.92. The molecule has 4 heteroatoms. The summed E-state index contributed by atoms with van der Waals surface area (Å²) in [4.78, 5) is 4.01. The highest BCUT2D eigenvalue weighted by atomic mass is 32.2. The molecule has 1 saturated heterocycles. The second kappa shape index (κ2) is 4.49. The molecule has 1 fully saturated rings. The van der Waals surface area contributed by atoms with Gasteiger partial charge in [0.25, 0.3) is 0 Å². The molecule has 11 heavy (non-hydrogen) atoms. The summed E-state index contributed by atoms with van der Waals surface area (Å²) in [6.45, 7) is 0.815. The highest BCUT2D eigenvalue weighted by Crippen LogP contribution is 2.22. The van der Waals surface area contributed by atoms with Gasteiger partial charge in [0.15, 0.2) is 5.96 Å². The van der Waals surface area contributed by atoms with Crippen molar-refractivity contribution in [3.05, 3.63) is 0 Å². The van der Waals surface area contributed by atoms with E-state index in [9.17, 15) is 0 Å². The van der Waals surface area contributed by atoms with Crippen LogP contribution in [0.5, 0.6) is 0 Å². The van der Waals surface area contributed by atoms with E-state index < -0.39 is 0 Å². The fourth-order valence-electron chi connectivity index (χ4n) is 1.19. The summed E-state index contributed by atoms with van der Waals surface area (Å²) in [6.07, 6.45) is 2.60. The van der Waals surface area contributed by atoms with Crippen LogP contribution in [0.4, 0.5) is 0 Å². The molecule has 0 aliphatic carbocycles. The Morgan fingerprint density at radius 3 is 2.91 bits per heavy atom. The molecular weight excluding hydrogens is 158 g/mol. The van der Waals surface area contributed by atoms with Crippen molar-refractivity contribution in [2.24, 2.45) is 22.4 Å². The van der Waals surface area contributed by atoms with Crippen LogP contribution in [0, 0.1) is 5.92 Å². The average molecular weight is 173 g/mol. The van der Waals surface area contributed by atoms with Gasteiger partial charge in [-0.2, -0.15) is 11.8 Å². The van der Waals surface area contributed by atoms with Crippen LogP contribution in [-0.2, 0) is 0 Å². The summed E-state index contributed by atoms with van der Waals surface area (Å²) in [7, 11) is 0. The Kier molecular flexibility index (Phi) is 3.56. The average Bonchev–Trinajstić information content (AvgIpc) is 2.03. The van der Waals surface area contributed by atoms with E-state index in [-0.39, 0.29) is 5.96 Å². The highest BCUT2D eigenvalue weighted by molar-refractivity contribution is 7.99. The Morgan fingerprint density at radius 1 is 1.55 bits per heavy atom. The van der Waals surface area contributed by atoms with Crippen LogP contribution in [0.2, 0.25) is 0 Å². The summed E-state index contributed by atoms with van der Waals surface area (Å²) in [5.74, 6) is 3.45. The minimum atomic E-state index is 0.223. The maximum Gasteiger partial charge on any atom is 0.185 e. The van der Waals surface area contributed by atoms with Gasteiger partial charge in [0.2, 0.25) is 0 Å². The maximum atomic E-state index is 5.23. The first-order valence-corrected chi connectivity index (χ1v) is 5.07. The summed E-state index contributed by atoms with van der Waals surface area (Å²) < 4.78 is 0. The zero-order chi connectivity index (χ0) is 8.10. The number of hydrogen-bond acceptors (Lipinski definition) is 2. The molecule has 4 N–H and O–H groups in total. The smallest absolute Gasteiger partial charge is 0.185 e. The molecule has 64 valence electrons. The monoisotopic (exact) mass is 173 g/mol. The molecule has 1 aliphatic rings. The Balaban J connectivity index is 2.19. The van der Waals surface area contributed by atoms with Crippen LogP contribution in [-0.4, -0.2) is 24.0 Å². The molecule has 1 unspecified atom stereocenters. The molecule has 0 aromatic carbocycles. The highest BCUT2D eigenvalue weighted by Gasteiger charge is 2.12. The molecular formula is C7H15N3S. The molecule has 0 spiro atoms. The van der Waals surface area contributed by atoms with Gasteiger partial charge >= 0.3 is 0 Å². The van der Waals surface area contributed by atoms with Gasteiger partial charge in [-0.1, -0.05) is 0 Å². The van der Waals surface area contributed by atoms with Crippen LogP contribution in [0.3, 0.4) is 0 Å². The summed E-state index contributed by atoms with van der Waals surface area (Å²) >= 11 is 2.00. The lowest BCUT2D eigenvalue weighted by Crippen LogP contribution is -2.25. The molecule has 1 rings (SSSR count). The Hall–Kier alpha value is -0.380. The van der Waals surface area contributed by atoms with Crippen molar-refractivity contribution in [1.29, 1.82) is 0 Å². The van der Waals surface area contributed by atoms with Gasteiger partial charge in [-0.05, 0) is 30.3 Å². The minimum absolute atomic E-state index is 0.223. The van der Waals surface area contributed by atoms with Crippen molar-refractivity contribution in [1.82, 2.24) is 0 Å². The molecule has 1 aliphatic heterocycles. The van der Waals surface area contributed by atoms with Crippen LogP contribution < -0.4 is 11.5 Å². The third-order valence-corrected chi connectivity index (χ3v) is 3.07. The predicted molar refractivity (Wildman–Crippen MR) is 50.7 cm³/mol. The van der Waals surface area contributed by atoms with Gasteiger partial charge in [-0.15, -0.1) is 0 Å². The Morgan fingerprint density at radius 2 is 2.36 bits per heavy atom. The van der Waals surface area contributed by atoms with E-state index in [1.165, 1.54) is 24.3 Å². The van der Waals surface area contributed by atoms with E-state index in [0.717, 1.165) is 6.54 Å². The van der Waals surface area contributed by atoms with E-state index in [4.69, 9.17) is 11.5 Å². The van der Waals surface area contributed by atoms with E-state index in [1.807, 2.05) is 11.8 Å². The zero-order valence-electron chi connectivity index (χ0n) is 6.62. The van der Waals surface area contributed by atoms with Gasteiger partial charge in [-0.25, -0.2) is 0 Å².